The fourth-order valence-corrected chi connectivity index (χ4v) is 5.55. The Morgan fingerprint density at radius 1 is 1.21 bits per heavy atom. The normalized spacial score (nSPS) is 15.8. The maximum absolute atomic E-state index is 13.2. The molecule has 172 valence electrons. The van der Waals surface area contributed by atoms with Crippen LogP contribution in [0.1, 0.15) is 34.3 Å². The van der Waals surface area contributed by atoms with Gasteiger partial charge in [0.2, 0.25) is 0 Å². The number of aryl methyl sites for hydroxylation is 1. The van der Waals surface area contributed by atoms with Gasteiger partial charge in [0, 0.05) is 24.0 Å². The molecule has 2 aromatic carbocycles. The lowest BCUT2D eigenvalue weighted by molar-refractivity contribution is 0.0952. The van der Waals surface area contributed by atoms with Crippen molar-refractivity contribution in [1.29, 1.82) is 0 Å². The van der Waals surface area contributed by atoms with E-state index in [0.29, 0.717) is 17.3 Å². The number of benzene rings is 2. The van der Waals surface area contributed by atoms with Crippen molar-refractivity contribution < 1.29 is 13.2 Å². The second-order valence-corrected chi connectivity index (χ2v) is 10.7. The van der Waals surface area contributed by atoms with Crippen LogP contribution in [0.3, 0.4) is 0 Å². The van der Waals surface area contributed by atoms with Crippen LogP contribution in [-0.4, -0.2) is 25.2 Å². The minimum Gasteiger partial charge on any atom is -0.351 e. The van der Waals surface area contributed by atoms with Crippen molar-refractivity contribution in [1.82, 2.24) is 14.3 Å². The van der Waals surface area contributed by atoms with Crippen LogP contribution < -0.4 is 14.8 Å². The second kappa shape index (κ2) is 9.54. The number of hydrogen-bond acceptors (Lipinski definition) is 6. The Hall–Kier alpha value is -2.88. The fourth-order valence-electron chi connectivity index (χ4n) is 3.45. The van der Waals surface area contributed by atoms with Crippen LogP contribution in [0.2, 0.25) is 5.02 Å². The smallest absolute Gasteiger partial charge is 0.264 e. The second-order valence-electron chi connectivity index (χ2n) is 7.75. The molecule has 0 aromatic heterocycles. The summed E-state index contributed by atoms with van der Waals surface area (Å²) in [5, 5.41) is 3.56. The predicted octanol–water partition coefficient (Wildman–Crippen LogP) is 4.64. The number of hydrogen-bond donors (Lipinski definition) is 3. The maximum Gasteiger partial charge on any atom is 0.264 e. The summed E-state index contributed by atoms with van der Waals surface area (Å²) in [5.41, 5.74) is 2.88. The van der Waals surface area contributed by atoms with E-state index in [1.54, 1.807) is 41.0 Å². The minimum absolute atomic E-state index is 0.0567. The van der Waals surface area contributed by atoms with Crippen LogP contribution in [0, 0.1) is 6.92 Å². The van der Waals surface area contributed by atoms with E-state index in [4.69, 9.17) is 11.6 Å². The summed E-state index contributed by atoms with van der Waals surface area (Å²) in [4.78, 5) is 13.1. The van der Waals surface area contributed by atoms with Crippen LogP contribution in [0.4, 0.5) is 5.69 Å². The summed E-state index contributed by atoms with van der Waals surface area (Å²) < 4.78 is 33.7. The molecule has 0 radical (unpaired) electrons. The Morgan fingerprint density at radius 2 is 1.97 bits per heavy atom. The number of carbonyl (C=O) groups excluding carboxylic acids is 1. The number of amides is 1. The summed E-state index contributed by atoms with van der Waals surface area (Å²) in [5.74, 6) is -0.300. The molecule has 0 aliphatic carbocycles. The highest BCUT2D eigenvalue weighted by molar-refractivity contribution is 7.97. The summed E-state index contributed by atoms with van der Waals surface area (Å²) in [6.07, 6.45) is 6.58. The van der Waals surface area contributed by atoms with Gasteiger partial charge in [-0.1, -0.05) is 36.7 Å². The lowest BCUT2D eigenvalue weighted by Crippen LogP contribution is -2.29. The third-order valence-corrected chi connectivity index (χ3v) is 7.67. The van der Waals surface area contributed by atoms with E-state index in [1.807, 2.05) is 38.1 Å². The first-order chi connectivity index (χ1) is 15.7. The molecule has 0 spiro atoms. The quantitative estimate of drug-likeness (QED) is 0.478. The van der Waals surface area contributed by atoms with Crippen molar-refractivity contribution in [3.05, 3.63) is 99.3 Å². The van der Waals surface area contributed by atoms with Gasteiger partial charge in [0.1, 0.15) is 4.91 Å². The van der Waals surface area contributed by atoms with Crippen molar-refractivity contribution in [2.45, 2.75) is 19.8 Å². The van der Waals surface area contributed by atoms with Gasteiger partial charge in [0.15, 0.2) is 0 Å². The zero-order valence-corrected chi connectivity index (χ0v) is 20.4. The van der Waals surface area contributed by atoms with Crippen LogP contribution in [0.5, 0.6) is 0 Å². The van der Waals surface area contributed by atoms with Gasteiger partial charge in [-0.15, -0.1) is 0 Å². The van der Waals surface area contributed by atoms with Crippen molar-refractivity contribution in [3.8, 4) is 0 Å². The van der Waals surface area contributed by atoms with Crippen LogP contribution >= 0.6 is 23.7 Å². The highest BCUT2D eigenvalue weighted by Gasteiger charge is 2.30. The van der Waals surface area contributed by atoms with Gasteiger partial charge < -0.3 is 10.0 Å². The van der Waals surface area contributed by atoms with Crippen molar-refractivity contribution in [3.63, 3.8) is 0 Å². The van der Waals surface area contributed by atoms with Gasteiger partial charge in [-0.05, 0) is 60.4 Å². The molecule has 0 saturated carbocycles. The lowest BCUT2D eigenvalue weighted by atomic mass is 10.0. The molecule has 2 heterocycles. The number of carbonyl (C=O) groups is 1. The number of allylic oxidation sites excluding steroid dienone is 2. The number of fused-ring (bicyclic) bond motifs is 1. The van der Waals surface area contributed by atoms with E-state index in [0.717, 1.165) is 11.1 Å². The standard InChI is InChI=1S/C23H23ClN4O3S2/c1-15-5-10-19(23(29)25-13-16(2)17-6-8-18(24)9-7-17)20(12-15)27-33(30,31)22-4-3-11-28-21(22)14-26-32-28/h3-12,14,16,26-27H,13H2,1-2H3,(H,25,29). The summed E-state index contributed by atoms with van der Waals surface area (Å²) in [6, 6.07) is 12.5. The van der Waals surface area contributed by atoms with E-state index in [1.165, 1.54) is 18.2 Å². The molecule has 4 rings (SSSR count). The third kappa shape index (κ3) is 5.21. The fraction of sp³-hybridized carbons (Fsp3) is 0.174. The zero-order chi connectivity index (χ0) is 23.6. The topological polar surface area (TPSA) is 90.5 Å². The monoisotopic (exact) mass is 502 g/mol. The minimum atomic E-state index is -3.94. The summed E-state index contributed by atoms with van der Waals surface area (Å²) in [7, 11) is -3.94. The Morgan fingerprint density at radius 3 is 2.73 bits per heavy atom. The Bertz CT molecular complexity index is 1270. The molecule has 1 unspecified atom stereocenters. The largest absolute Gasteiger partial charge is 0.351 e. The lowest BCUT2D eigenvalue weighted by Gasteiger charge is -2.21. The van der Waals surface area contributed by atoms with Crippen molar-refractivity contribution >= 4 is 45.4 Å². The number of rotatable bonds is 7. The van der Waals surface area contributed by atoms with Gasteiger partial charge in [0.05, 0.1) is 29.1 Å². The molecule has 0 saturated heterocycles. The number of nitrogens with zero attached hydrogens (tertiary/aromatic N) is 1. The average molecular weight is 503 g/mol. The molecular weight excluding hydrogens is 480 g/mol. The van der Waals surface area contributed by atoms with Gasteiger partial charge in [-0.3, -0.25) is 13.8 Å². The highest BCUT2D eigenvalue weighted by atomic mass is 35.5. The summed E-state index contributed by atoms with van der Waals surface area (Å²) in [6.45, 7) is 4.23. The molecule has 7 nitrogen and oxygen atoms in total. The maximum atomic E-state index is 13.2. The predicted molar refractivity (Wildman–Crippen MR) is 134 cm³/mol. The van der Waals surface area contributed by atoms with Crippen LogP contribution in [0.25, 0.3) is 0 Å². The van der Waals surface area contributed by atoms with Gasteiger partial charge >= 0.3 is 0 Å². The van der Waals surface area contributed by atoms with Gasteiger partial charge in [0.25, 0.3) is 15.9 Å². The molecule has 2 aromatic rings. The van der Waals surface area contributed by atoms with E-state index in [-0.39, 0.29) is 28.0 Å². The molecule has 1 atom stereocenters. The molecule has 10 heteroatoms. The molecule has 2 aliphatic heterocycles. The van der Waals surface area contributed by atoms with E-state index < -0.39 is 10.0 Å². The van der Waals surface area contributed by atoms with Crippen LogP contribution in [-0.2, 0) is 10.0 Å². The SMILES string of the molecule is Cc1ccc(C(=O)NCC(C)c2ccc(Cl)cc2)c(NS(=O)(=O)C2=CC=CN3SNC=C23)c1. The third-order valence-electron chi connectivity index (χ3n) is 5.27. The first-order valence-corrected chi connectivity index (χ1v) is 12.9. The van der Waals surface area contributed by atoms with E-state index >= 15 is 0 Å². The Labute approximate surface area is 202 Å². The Kier molecular flexibility index (Phi) is 6.73. The van der Waals surface area contributed by atoms with E-state index in [9.17, 15) is 13.2 Å². The summed E-state index contributed by atoms with van der Waals surface area (Å²) >= 11 is 7.22. The molecule has 0 bridgehead atoms. The number of halogens is 1. The zero-order valence-electron chi connectivity index (χ0n) is 18.0. The first-order valence-electron chi connectivity index (χ1n) is 10.2. The van der Waals surface area contributed by atoms with Crippen LogP contribution in [0.15, 0.2) is 77.6 Å². The molecule has 0 fully saturated rings. The van der Waals surface area contributed by atoms with Crippen molar-refractivity contribution in [2.75, 3.05) is 11.3 Å². The van der Waals surface area contributed by atoms with Gasteiger partial charge in [-0.2, -0.15) is 0 Å². The number of sulfonamides is 1. The Balaban J connectivity index is 1.52. The van der Waals surface area contributed by atoms with Crippen molar-refractivity contribution in [2.24, 2.45) is 0 Å². The molecule has 3 N–H and O–H groups in total. The number of anilines is 1. The van der Waals surface area contributed by atoms with Gasteiger partial charge in [-0.25, -0.2) is 8.42 Å². The molecule has 1 amide bonds. The molecular formula is C23H23ClN4O3S2. The highest BCUT2D eigenvalue weighted by Crippen LogP contribution is 2.34. The van der Waals surface area contributed by atoms with E-state index in [2.05, 4.69) is 14.8 Å². The average Bonchev–Trinajstić information content (AvgIpc) is 3.26. The number of nitrogens with one attached hydrogen (secondary N) is 3. The first kappa shape index (κ1) is 23.3. The molecule has 2 aliphatic rings. The molecule has 33 heavy (non-hydrogen) atoms.